The Kier molecular flexibility index (Phi) is 7.16. The van der Waals surface area contributed by atoms with Crippen molar-refractivity contribution >= 4 is 11.9 Å². The summed E-state index contributed by atoms with van der Waals surface area (Å²) >= 11 is 0. The third-order valence-electron chi connectivity index (χ3n) is 4.57. The van der Waals surface area contributed by atoms with Gasteiger partial charge in [0.25, 0.3) is 5.91 Å². The van der Waals surface area contributed by atoms with E-state index in [2.05, 4.69) is 10.3 Å². The molecule has 6 nitrogen and oxygen atoms in total. The molecule has 1 amide bonds. The van der Waals surface area contributed by atoms with Gasteiger partial charge in [-0.15, -0.1) is 0 Å². The summed E-state index contributed by atoms with van der Waals surface area (Å²) in [4.78, 5) is 29.2. The highest BCUT2D eigenvalue weighted by Gasteiger charge is 2.20. The Labute approximate surface area is 175 Å². The minimum absolute atomic E-state index is 0.0545. The van der Waals surface area contributed by atoms with Gasteiger partial charge in [0.15, 0.2) is 0 Å². The van der Waals surface area contributed by atoms with Crippen molar-refractivity contribution in [3.05, 3.63) is 84.1 Å². The third-order valence-corrected chi connectivity index (χ3v) is 4.57. The average molecular weight is 404 g/mol. The highest BCUT2D eigenvalue weighted by atomic mass is 16.5. The normalized spacial score (nSPS) is 11.4. The molecule has 0 fully saturated rings. The fraction of sp³-hybridized carbons (Fsp3) is 0.208. The van der Waals surface area contributed by atoms with E-state index in [4.69, 9.17) is 9.47 Å². The average Bonchev–Trinajstić information content (AvgIpc) is 2.79. The van der Waals surface area contributed by atoms with Crippen LogP contribution in [0.4, 0.5) is 0 Å². The van der Waals surface area contributed by atoms with E-state index in [1.165, 1.54) is 6.20 Å². The number of benzene rings is 2. The van der Waals surface area contributed by atoms with Crippen LogP contribution < -0.4 is 10.1 Å². The smallest absolute Gasteiger partial charge is 0.308 e. The van der Waals surface area contributed by atoms with E-state index in [9.17, 15) is 9.59 Å². The molecule has 6 heteroatoms. The van der Waals surface area contributed by atoms with Crippen LogP contribution in [0.2, 0.25) is 0 Å². The van der Waals surface area contributed by atoms with Crippen molar-refractivity contribution in [3.8, 4) is 17.0 Å². The second-order valence-corrected chi connectivity index (χ2v) is 6.61. The van der Waals surface area contributed by atoms with Crippen LogP contribution in [-0.2, 0) is 9.53 Å². The molecule has 30 heavy (non-hydrogen) atoms. The molecule has 0 radical (unpaired) electrons. The number of aromatic nitrogens is 1. The molecular weight excluding hydrogens is 380 g/mol. The quantitative estimate of drug-likeness (QED) is 0.570. The lowest BCUT2D eigenvalue weighted by Gasteiger charge is -2.18. The van der Waals surface area contributed by atoms with Crippen LogP contribution in [0.15, 0.2) is 72.9 Å². The Balaban J connectivity index is 1.75. The van der Waals surface area contributed by atoms with E-state index >= 15 is 0 Å². The van der Waals surface area contributed by atoms with Gasteiger partial charge in [0, 0.05) is 11.8 Å². The number of nitrogens with one attached hydrogen (secondary N) is 1. The predicted molar refractivity (Wildman–Crippen MR) is 114 cm³/mol. The van der Waals surface area contributed by atoms with Gasteiger partial charge in [-0.3, -0.25) is 14.6 Å². The Morgan fingerprint density at radius 3 is 2.50 bits per heavy atom. The molecule has 2 aromatic carbocycles. The van der Waals surface area contributed by atoms with Crippen molar-refractivity contribution < 1.29 is 19.1 Å². The molecule has 3 rings (SSSR count). The number of carbonyl (C=O) groups is 2. The molecular formula is C24H24N2O4. The molecule has 0 aliphatic rings. The van der Waals surface area contributed by atoms with Crippen LogP contribution in [-0.4, -0.2) is 30.6 Å². The number of ether oxygens (including phenoxy) is 2. The second-order valence-electron chi connectivity index (χ2n) is 6.61. The highest BCUT2D eigenvalue weighted by Crippen LogP contribution is 2.23. The van der Waals surface area contributed by atoms with Crippen molar-refractivity contribution in [2.45, 2.75) is 19.4 Å². The molecule has 1 aromatic heterocycles. The number of methoxy groups -OCH3 is 1. The van der Waals surface area contributed by atoms with Crippen LogP contribution in [0, 0.1) is 0 Å². The SMILES string of the molecule is CCOC(=O)CC(NC(=O)c1ccc(-c2cccc(OC)c2)nc1)c1ccccc1. The van der Waals surface area contributed by atoms with Gasteiger partial charge in [0.2, 0.25) is 0 Å². The van der Waals surface area contributed by atoms with Gasteiger partial charge in [0.1, 0.15) is 5.75 Å². The summed E-state index contributed by atoms with van der Waals surface area (Å²) in [5, 5.41) is 2.92. The van der Waals surface area contributed by atoms with Crippen molar-refractivity contribution in [2.75, 3.05) is 13.7 Å². The Hall–Kier alpha value is -3.67. The molecule has 1 N–H and O–H groups in total. The molecule has 1 heterocycles. The van der Waals surface area contributed by atoms with Gasteiger partial charge in [-0.05, 0) is 36.8 Å². The monoisotopic (exact) mass is 404 g/mol. The van der Waals surface area contributed by atoms with E-state index < -0.39 is 6.04 Å². The molecule has 0 saturated carbocycles. The van der Waals surface area contributed by atoms with E-state index in [0.29, 0.717) is 12.2 Å². The predicted octanol–water partition coefficient (Wildman–Crippen LogP) is 4.18. The van der Waals surface area contributed by atoms with Crippen LogP contribution in [0.25, 0.3) is 11.3 Å². The number of carbonyl (C=O) groups excluding carboxylic acids is 2. The molecule has 154 valence electrons. The second kappa shape index (κ2) is 10.2. The zero-order valence-corrected chi connectivity index (χ0v) is 17.0. The third kappa shape index (κ3) is 5.44. The maximum atomic E-state index is 12.8. The molecule has 0 spiro atoms. The summed E-state index contributed by atoms with van der Waals surface area (Å²) in [6.45, 7) is 2.05. The molecule has 0 bridgehead atoms. The van der Waals surface area contributed by atoms with Crippen molar-refractivity contribution in [1.82, 2.24) is 10.3 Å². The van der Waals surface area contributed by atoms with Crippen LogP contribution in [0.1, 0.15) is 35.3 Å². The molecule has 0 saturated heterocycles. The number of hydrogen-bond acceptors (Lipinski definition) is 5. The summed E-state index contributed by atoms with van der Waals surface area (Å²) in [7, 11) is 1.61. The Morgan fingerprint density at radius 2 is 1.83 bits per heavy atom. The number of amides is 1. The summed E-state index contributed by atoms with van der Waals surface area (Å²) in [6, 6.07) is 19.9. The molecule has 0 aliphatic heterocycles. The Bertz CT molecular complexity index is 988. The fourth-order valence-electron chi connectivity index (χ4n) is 3.05. The van der Waals surface area contributed by atoms with Gasteiger partial charge < -0.3 is 14.8 Å². The van der Waals surface area contributed by atoms with Gasteiger partial charge in [-0.25, -0.2) is 0 Å². The summed E-state index contributed by atoms with van der Waals surface area (Å²) in [6.07, 6.45) is 1.58. The lowest BCUT2D eigenvalue weighted by molar-refractivity contribution is -0.143. The number of rotatable bonds is 8. The fourth-order valence-corrected chi connectivity index (χ4v) is 3.05. The number of pyridine rings is 1. The molecule has 0 aliphatic carbocycles. The number of nitrogens with zero attached hydrogens (tertiary/aromatic N) is 1. The van der Waals surface area contributed by atoms with Gasteiger partial charge in [-0.1, -0.05) is 42.5 Å². The first kappa shape index (κ1) is 21.0. The summed E-state index contributed by atoms with van der Waals surface area (Å²) in [5.74, 6) is 0.0665. The van der Waals surface area contributed by atoms with Gasteiger partial charge in [0.05, 0.1) is 37.4 Å². The maximum absolute atomic E-state index is 12.8. The largest absolute Gasteiger partial charge is 0.497 e. The minimum atomic E-state index is -0.490. The molecule has 1 atom stereocenters. The van der Waals surface area contributed by atoms with E-state index in [0.717, 1.165) is 22.6 Å². The van der Waals surface area contributed by atoms with Crippen LogP contribution in [0.3, 0.4) is 0 Å². The summed E-state index contributed by atoms with van der Waals surface area (Å²) < 4.78 is 10.3. The van der Waals surface area contributed by atoms with Crippen molar-refractivity contribution in [2.24, 2.45) is 0 Å². The number of esters is 1. The van der Waals surface area contributed by atoms with Gasteiger partial charge >= 0.3 is 5.97 Å². The van der Waals surface area contributed by atoms with E-state index in [1.54, 1.807) is 26.2 Å². The van der Waals surface area contributed by atoms with Crippen LogP contribution in [0.5, 0.6) is 5.75 Å². The van der Waals surface area contributed by atoms with Gasteiger partial charge in [-0.2, -0.15) is 0 Å². The standard InChI is InChI=1S/C24H24N2O4/c1-3-30-23(27)15-22(17-8-5-4-6-9-17)26-24(28)19-12-13-21(25-16-19)18-10-7-11-20(14-18)29-2/h4-14,16,22H,3,15H2,1-2H3,(H,26,28). The first-order valence-corrected chi connectivity index (χ1v) is 9.72. The lowest BCUT2D eigenvalue weighted by atomic mass is 10.0. The zero-order chi connectivity index (χ0) is 21.3. The minimum Gasteiger partial charge on any atom is -0.497 e. The van der Waals surface area contributed by atoms with Crippen LogP contribution >= 0.6 is 0 Å². The zero-order valence-electron chi connectivity index (χ0n) is 17.0. The lowest BCUT2D eigenvalue weighted by Crippen LogP contribution is -2.30. The first-order chi connectivity index (χ1) is 14.6. The molecule has 3 aromatic rings. The van der Waals surface area contributed by atoms with Crippen molar-refractivity contribution in [3.63, 3.8) is 0 Å². The summed E-state index contributed by atoms with van der Waals surface area (Å²) in [5.41, 5.74) is 2.87. The topological polar surface area (TPSA) is 77.5 Å². The Morgan fingerprint density at radius 1 is 1.03 bits per heavy atom. The first-order valence-electron chi connectivity index (χ1n) is 9.72. The molecule has 1 unspecified atom stereocenters. The van der Waals surface area contributed by atoms with E-state index in [-0.39, 0.29) is 18.3 Å². The van der Waals surface area contributed by atoms with Crippen molar-refractivity contribution in [1.29, 1.82) is 0 Å². The number of hydrogen-bond donors (Lipinski definition) is 1. The highest BCUT2D eigenvalue weighted by molar-refractivity contribution is 5.94. The maximum Gasteiger partial charge on any atom is 0.308 e. The van der Waals surface area contributed by atoms with E-state index in [1.807, 2.05) is 54.6 Å².